The lowest BCUT2D eigenvalue weighted by Gasteiger charge is -2.37. The van der Waals surface area contributed by atoms with Gasteiger partial charge in [-0.2, -0.15) is 0 Å². The summed E-state index contributed by atoms with van der Waals surface area (Å²) in [6, 6.07) is 13.4. The van der Waals surface area contributed by atoms with Crippen LogP contribution in [0.5, 0.6) is 0 Å². The first kappa shape index (κ1) is 25.1. The zero-order valence-electron chi connectivity index (χ0n) is 21.7. The maximum Gasteiger partial charge on any atom is 0.321 e. The van der Waals surface area contributed by atoms with E-state index in [1.54, 1.807) is 0 Å². The highest BCUT2D eigenvalue weighted by Crippen LogP contribution is 2.31. The number of amides is 4. The third kappa shape index (κ3) is 5.89. The molecule has 5 rings (SSSR count). The van der Waals surface area contributed by atoms with Crippen molar-refractivity contribution in [1.82, 2.24) is 9.80 Å². The minimum atomic E-state index is -0.109. The molecule has 0 atom stereocenters. The maximum absolute atomic E-state index is 13.6. The zero-order chi connectivity index (χ0) is 25.8. The summed E-state index contributed by atoms with van der Waals surface area (Å²) >= 11 is 0. The Balaban J connectivity index is 1.29. The van der Waals surface area contributed by atoms with Gasteiger partial charge >= 0.3 is 6.03 Å². The fraction of sp³-hybridized carbons (Fsp3) is 0.483. The predicted molar refractivity (Wildman–Crippen MR) is 146 cm³/mol. The Hall–Kier alpha value is -3.55. The molecule has 196 valence electrons. The van der Waals surface area contributed by atoms with Crippen LogP contribution in [-0.4, -0.2) is 66.9 Å². The van der Waals surface area contributed by atoms with Gasteiger partial charge in [0.2, 0.25) is 5.91 Å². The van der Waals surface area contributed by atoms with Gasteiger partial charge < -0.3 is 25.3 Å². The van der Waals surface area contributed by atoms with Crippen LogP contribution >= 0.6 is 0 Å². The smallest absolute Gasteiger partial charge is 0.321 e. The molecule has 2 heterocycles. The van der Waals surface area contributed by atoms with Crippen LogP contribution in [0.1, 0.15) is 54.4 Å². The Kier molecular flexibility index (Phi) is 7.63. The van der Waals surface area contributed by atoms with Gasteiger partial charge in [0, 0.05) is 62.2 Å². The van der Waals surface area contributed by atoms with Gasteiger partial charge in [-0.05, 0) is 69.4 Å². The van der Waals surface area contributed by atoms with Crippen molar-refractivity contribution < 1.29 is 14.4 Å². The van der Waals surface area contributed by atoms with Crippen molar-refractivity contribution in [2.45, 2.75) is 45.4 Å². The summed E-state index contributed by atoms with van der Waals surface area (Å²) in [6.07, 6.45) is 6.17. The average Bonchev–Trinajstić information content (AvgIpc) is 2.89. The van der Waals surface area contributed by atoms with Crippen LogP contribution < -0.4 is 15.5 Å². The molecule has 0 bridgehead atoms. The van der Waals surface area contributed by atoms with Crippen LogP contribution in [0.3, 0.4) is 0 Å². The molecule has 2 saturated heterocycles. The highest BCUT2D eigenvalue weighted by molar-refractivity contribution is 6.02. The van der Waals surface area contributed by atoms with E-state index in [2.05, 4.69) is 15.5 Å². The van der Waals surface area contributed by atoms with Crippen LogP contribution in [0.4, 0.5) is 21.9 Å². The first-order chi connectivity index (χ1) is 18.0. The SMILES string of the molecule is Cc1ccc(NC(=O)N2CCN(c3ccc(NC(=O)C4CCC4)cc3C(=O)N3CCCCC3)CC2)cc1. The molecule has 0 spiro atoms. The van der Waals surface area contributed by atoms with E-state index in [4.69, 9.17) is 0 Å². The minimum absolute atomic E-state index is 0.0222. The molecule has 0 unspecified atom stereocenters. The second-order valence-corrected chi connectivity index (χ2v) is 10.5. The zero-order valence-corrected chi connectivity index (χ0v) is 21.7. The molecule has 0 aromatic heterocycles. The number of piperazine rings is 1. The Morgan fingerprint density at radius 2 is 1.41 bits per heavy atom. The third-order valence-corrected chi connectivity index (χ3v) is 7.82. The summed E-state index contributed by atoms with van der Waals surface area (Å²) in [6.45, 7) is 5.95. The summed E-state index contributed by atoms with van der Waals surface area (Å²) in [5.74, 6) is 0.151. The summed E-state index contributed by atoms with van der Waals surface area (Å²) in [7, 11) is 0. The highest BCUT2D eigenvalue weighted by atomic mass is 16.2. The molecule has 8 nitrogen and oxygen atoms in total. The Labute approximate surface area is 219 Å². The van der Waals surface area contributed by atoms with Crippen LogP contribution in [-0.2, 0) is 4.79 Å². The Morgan fingerprint density at radius 1 is 0.730 bits per heavy atom. The van der Waals surface area contributed by atoms with Gasteiger partial charge in [-0.25, -0.2) is 4.79 Å². The number of carbonyl (C=O) groups excluding carboxylic acids is 3. The largest absolute Gasteiger partial charge is 0.367 e. The summed E-state index contributed by atoms with van der Waals surface area (Å²) in [5, 5.41) is 6.01. The van der Waals surface area contributed by atoms with E-state index in [9.17, 15) is 14.4 Å². The lowest BCUT2D eigenvalue weighted by Crippen LogP contribution is -2.50. The third-order valence-electron chi connectivity index (χ3n) is 7.82. The van der Waals surface area contributed by atoms with Crippen molar-refractivity contribution in [3.05, 3.63) is 53.6 Å². The first-order valence-corrected chi connectivity index (χ1v) is 13.6. The van der Waals surface area contributed by atoms with Gasteiger partial charge in [0.05, 0.1) is 5.56 Å². The van der Waals surface area contributed by atoms with Crippen LogP contribution in [0.15, 0.2) is 42.5 Å². The summed E-state index contributed by atoms with van der Waals surface area (Å²) in [4.78, 5) is 44.9. The predicted octanol–water partition coefficient (Wildman–Crippen LogP) is 4.71. The monoisotopic (exact) mass is 503 g/mol. The lowest BCUT2D eigenvalue weighted by molar-refractivity contribution is -0.122. The van der Waals surface area contributed by atoms with E-state index in [0.717, 1.165) is 68.6 Å². The molecule has 4 amide bonds. The number of rotatable bonds is 5. The van der Waals surface area contributed by atoms with Gasteiger partial charge in [-0.3, -0.25) is 9.59 Å². The van der Waals surface area contributed by atoms with Gasteiger partial charge in [0.25, 0.3) is 5.91 Å². The number of anilines is 3. The molecule has 0 radical (unpaired) electrons. The molecule has 2 aliphatic heterocycles. The van der Waals surface area contributed by atoms with Crippen LogP contribution in [0.2, 0.25) is 0 Å². The molecule has 1 aliphatic carbocycles. The highest BCUT2D eigenvalue weighted by Gasteiger charge is 2.29. The maximum atomic E-state index is 13.6. The minimum Gasteiger partial charge on any atom is -0.367 e. The standard InChI is InChI=1S/C29H37N5O3/c1-21-8-10-23(11-9-21)31-29(37)34-18-16-32(17-19-34)26-13-12-24(30-27(35)22-6-5-7-22)20-25(26)28(36)33-14-3-2-4-15-33/h8-13,20,22H,2-7,14-19H2,1H3,(H,30,35)(H,31,37). The van der Waals surface area contributed by atoms with Gasteiger partial charge in [0.1, 0.15) is 0 Å². The number of nitrogens with one attached hydrogen (secondary N) is 2. The number of benzene rings is 2. The number of urea groups is 1. The van der Waals surface area contributed by atoms with Gasteiger partial charge in [0.15, 0.2) is 0 Å². The molecule has 1 saturated carbocycles. The Bertz CT molecular complexity index is 1130. The molecule has 37 heavy (non-hydrogen) atoms. The van der Waals surface area contributed by atoms with Crippen molar-refractivity contribution in [3.63, 3.8) is 0 Å². The number of carbonyl (C=O) groups is 3. The normalized spacial score (nSPS) is 18.2. The van der Waals surface area contributed by atoms with E-state index in [-0.39, 0.29) is 23.8 Å². The summed E-state index contributed by atoms with van der Waals surface area (Å²) in [5.41, 5.74) is 4.11. The first-order valence-electron chi connectivity index (χ1n) is 13.6. The van der Waals surface area contributed by atoms with Crippen molar-refractivity contribution in [1.29, 1.82) is 0 Å². The molecule has 2 aromatic carbocycles. The van der Waals surface area contributed by atoms with Crippen LogP contribution in [0, 0.1) is 12.8 Å². The fourth-order valence-electron chi connectivity index (χ4n) is 5.23. The number of likely N-dealkylation sites (tertiary alicyclic amines) is 1. The molecule has 3 fully saturated rings. The van der Waals surface area contributed by atoms with Gasteiger partial charge in [-0.1, -0.05) is 24.1 Å². The molecular formula is C29H37N5O3. The van der Waals surface area contributed by atoms with E-state index in [1.165, 1.54) is 0 Å². The van der Waals surface area contributed by atoms with Crippen molar-refractivity contribution in [2.24, 2.45) is 5.92 Å². The van der Waals surface area contributed by atoms with E-state index in [0.29, 0.717) is 37.4 Å². The number of aryl methyl sites for hydroxylation is 1. The quantitative estimate of drug-likeness (QED) is 0.619. The number of hydrogen-bond donors (Lipinski definition) is 2. The van der Waals surface area contributed by atoms with Crippen molar-refractivity contribution >= 4 is 34.9 Å². The lowest BCUT2D eigenvalue weighted by atomic mass is 9.85. The average molecular weight is 504 g/mol. The number of nitrogens with zero attached hydrogens (tertiary/aromatic N) is 3. The van der Waals surface area contributed by atoms with E-state index >= 15 is 0 Å². The second-order valence-electron chi connectivity index (χ2n) is 10.5. The van der Waals surface area contributed by atoms with E-state index in [1.807, 2.05) is 59.2 Å². The van der Waals surface area contributed by atoms with Crippen LogP contribution in [0.25, 0.3) is 0 Å². The molecule has 3 aliphatic rings. The molecular weight excluding hydrogens is 466 g/mol. The molecule has 2 aromatic rings. The molecule has 2 N–H and O–H groups in total. The number of piperidine rings is 1. The van der Waals surface area contributed by atoms with Gasteiger partial charge in [-0.15, -0.1) is 0 Å². The number of hydrogen-bond acceptors (Lipinski definition) is 4. The Morgan fingerprint density at radius 3 is 2.05 bits per heavy atom. The van der Waals surface area contributed by atoms with E-state index < -0.39 is 0 Å². The molecule has 8 heteroatoms. The van der Waals surface area contributed by atoms with Crippen molar-refractivity contribution in [2.75, 3.05) is 54.8 Å². The summed E-state index contributed by atoms with van der Waals surface area (Å²) < 4.78 is 0. The second kappa shape index (κ2) is 11.2. The van der Waals surface area contributed by atoms with Crippen molar-refractivity contribution in [3.8, 4) is 0 Å². The topological polar surface area (TPSA) is 85.0 Å². The fourth-order valence-corrected chi connectivity index (χ4v) is 5.23.